The van der Waals surface area contributed by atoms with Crippen LogP contribution < -0.4 is 0 Å². The Morgan fingerprint density at radius 2 is 1.21 bits per heavy atom. The standard InChI is InChI=1S/C24H34Cl2N2O4.C23H32ClN3O4/c1-16(2)13-20(29)24(11-12-27(15-24)22(31)32-23(4,5)6)28(21(30)14-25)17(3)18-7-9-19(26)10-8-18;1-15(2)26-13-19(28)27(16(3)17-7-9-18(24)10-8-17)23(20(26)29)11-12-25(14-23)21(30)31-22(4,5)6/h7-10,16-17H,11-15H2,1-6H3;7-10,15-16H,11-14H2,1-6H3/t17-,24?;16-,23?/m00/s1. The van der Waals surface area contributed by atoms with Crippen molar-refractivity contribution in [2.45, 2.75) is 143 Å². The minimum Gasteiger partial charge on any atom is -0.444 e. The van der Waals surface area contributed by atoms with Gasteiger partial charge < -0.3 is 34.0 Å². The van der Waals surface area contributed by atoms with Crippen molar-refractivity contribution in [3.63, 3.8) is 0 Å². The van der Waals surface area contributed by atoms with Crippen molar-refractivity contribution >= 4 is 70.5 Å². The lowest BCUT2D eigenvalue weighted by molar-refractivity contribution is -0.169. The summed E-state index contributed by atoms with van der Waals surface area (Å²) in [5.41, 5.74) is -1.87. The van der Waals surface area contributed by atoms with Gasteiger partial charge in [0.2, 0.25) is 11.8 Å². The third kappa shape index (κ3) is 12.2. The summed E-state index contributed by atoms with van der Waals surface area (Å²) in [6.45, 7) is 23.2. The van der Waals surface area contributed by atoms with Gasteiger partial charge in [0, 0.05) is 35.6 Å². The molecule has 348 valence electrons. The molecular weight excluding hydrogens is 869 g/mol. The van der Waals surface area contributed by atoms with Crippen LogP contribution >= 0.6 is 34.8 Å². The first-order valence-corrected chi connectivity index (χ1v) is 23.0. The van der Waals surface area contributed by atoms with E-state index in [9.17, 15) is 28.8 Å². The summed E-state index contributed by atoms with van der Waals surface area (Å²) in [5, 5.41) is 1.19. The van der Waals surface area contributed by atoms with Gasteiger partial charge in [0.25, 0.3) is 5.91 Å². The van der Waals surface area contributed by atoms with Crippen LogP contribution in [-0.4, -0.2) is 127 Å². The Kier molecular flexibility index (Phi) is 16.7. The molecule has 16 heteroatoms. The molecule has 0 radical (unpaired) electrons. The lowest BCUT2D eigenvalue weighted by atomic mass is 9.84. The fraction of sp³-hybridized carbons (Fsp3) is 0.617. The largest absolute Gasteiger partial charge is 0.444 e. The van der Waals surface area contributed by atoms with Crippen LogP contribution in [0, 0.1) is 5.92 Å². The summed E-state index contributed by atoms with van der Waals surface area (Å²) in [5.74, 6) is -0.819. The predicted octanol–water partition coefficient (Wildman–Crippen LogP) is 9.32. The molecule has 5 amide bonds. The number of nitrogens with zero attached hydrogens (tertiary/aromatic N) is 5. The number of benzene rings is 2. The lowest BCUT2D eigenvalue weighted by Crippen LogP contribution is -2.70. The normalized spacial score (nSPS) is 21.4. The molecule has 2 unspecified atom stereocenters. The van der Waals surface area contributed by atoms with Crippen molar-refractivity contribution < 1.29 is 38.2 Å². The number of ether oxygens (including phenoxy) is 2. The molecule has 2 aromatic rings. The van der Waals surface area contributed by atoms with E-state index in [2.05, 4.69) is 0 Å². The van der Waals surface area contributed by atoms with E-state index in [-0.39, 0.29) is 67.0 Å². The number of rotatable bonds is 10. The van der Waals surface area contributed by atoms with Gasteiger partial charge in [-0.2, -0.15) is 0 Å². The smallest absolute Gasteiger partial charge is 0.410 e. The van der Waals surface area contributed by atoms with Gasteiger partial charge in [0.1, 0.15) is 34.7 Å². The Hall–Kier alpha value is -4.07. The molecule has 3 heterocycles. The molecule has 0 saturated carbocycles. The van der Waals surface area contributed by atoms with Gasteiger partial charge in [-0.05, 0) is 123 Å². The van der Waals surface area contributed by atoms with Crippen LogP contribution in [0.1, 0.15) is 126 Å². The van der Waals surface area contributed by atoms with Crippen molar-refractivity contribution in [1.82, 2.24) is 24.5 Å². The van der Waals surface area contributed by atoms with Crippen molar-refractivity contribution in [1.29, 1.82) is 0 Å². The molecule has 3 saturated heterocycles. The van der Waals surface area contributed by atoms with Gasteiger partial charge in [-0.3, -0.25) is 19.2 Å². The average molecular weight is 935 g/mol. The van der Waals surface area contributed by atoms with Gasteiger partial charge >= 0.3 is 12.2 Å². The first-order chi connectivity index (χ1) is 29.2. The Morgan fingerprint density at radius 1 is 0.730 bits per heavy atom. The van der Waals surface area contributed by atoms with E-state index in [0.29, 0.717) is 42.4 Å². The Labute approximate surface area is 388 Å². The van der Waals surface area contributed by atoms with Crippen molar-refractivity contribution in [3.8, 4) is 0 Å². The maximum absolute atomic E-state index is 13.7. The zero-order valence-corrected chi connectivity index (χ0v) is 41.2. The third-order valence-corrected chi connectivity index (χ3v) is 12.3. The molecule has 0 aromatic heterocycles. The van der Waals surface area contributed by atoms with Crippen LogP contribution in [0.3, 0.4) is 0 Å². The SMILES string of the molecule is CC(C)CC(=O)C1(N(C(=O)CCl)[C@@H](C)c2ccc(Cl)cc2)CCN(C(=O)OC(C)(C)C)C1.CC(C)N1CC(=O)N([C@@H](C)c2ccc(Cl)cc2)C2(CCN(C(=O)OC(C)(C)C)C2)C1=O. The minimum atomic E-state index is -1.17. The van der Waals surface area contributed by atoms with Crippen LogP contribution in [0.25, 0.3) is 0 Å². The highest BCUT2D eigenvalue weighted by Crippen LogP contribution is 2.41. The summed E-state index contributed by atoms with van der Waals surface area (Å²) >= 11 is 18.1. The predicted molar refractivity (Wildman–Crippen MR) is 246 cm³/mol. The van der Waals surface area contributed by atoms with Crippen LogP contribution in [-0.2, 0) is 28.7 Å². The lowest BCUT2D eigenvalue weighted by Gasteiger charge is -2.50. The second kappa shape index (κ2) is 20.4. The van der Waals surface area contributed by atoms with Gasteiger partial charge in [0.05, 0.1) is 25.2 Å². The first kappa shape index (κ1) is 51.6. The number of ketones is 1. The second-order valence-electron chi connectivity index (χ2n) is 19.5. The van der Waals surface area contributed by atoms with Crippen LogP contribution in [0.15, 0.2) is 48.5 Å². The summed E-state index contributed by atoms with van der Waals surface area (Å²) in [6.07, 6.45) is 0.0391. The summed E-state index contributed by atoms with van der Waals surface area (Å²) in [7, 11) is 0. The zero-order valence-electron chi connectivity index (χ0n) is 38.9. The summed E-state index contributed by atoms with van der Waals surface area (Å²) in [6, 6.07) is 13.6. The molecular formula is C47H66Cl3N5O8. The van der Waals surface area contributed by atoms with E-state index in [1.165, 1.54) is 4.90 Å². The highest BCUT2D eigenvalue weighted by Gasteiger charge is 2.59. The number of alkyl halides is 1. The highest BCUT2D eigenvalue weighted by molar-refractivity contribution is 6.31. The molecule has 2 aromatic carbocycles. The number of halogens is 3. The quantitative estimate of drug-likeness (QED) is 0.215. The topological polar surface area (TPSA) is 137 Å². The van der Waals surface area contributed by atoms with Crippen molar-refractivity contribution in [3.05, 3.63) is 69.7 Å². The Bertz CT molecular complexity index is 1980. The number of hydrogen-bond acceptors (Lipinski definition) is 8. The van der Waals surface area contributed by atoms with E-state index in [0.717, 1.165) is 11.1 Å². The second-order valence-corrected chi connectivity index (χ2v) is 20.7. The maximum atomic E-state index is 13.7. The number of piperazine rings is 1. The molecule has 0 aliphatic carbocycles. The number of amides is 5. The molecule has 3 fully saturated rings. The van der Waals surface area contributed by atoms with E-state index in [1.807, 2.05) is 65.8 Å². The number of carbonyl (C=O) groups excluding carboxylic acids is 6. The zero-order chi connectivity index (χ0) is 47.4. The molecule has 13 nitrogen and oxygen atoms in total. The van der Waals surface area contributed by atoms with E-state index in [4.69, 9.17) is 44.3 Å². The maximum Gasteiger partial charge on any atom is 0.410 e. The average Bonchev–Trinajstić information content (AvgIpc) is 3.83. The van der Waals surface area contributed by atoms with Crippen molar-refractivity contribution in [2.75, 3.05) is 38.6 Å². The molecule has 1 spiro atoms. The minimum absolute atomic E-state index is 0.0304. The summed E-state index contributed by atoms with van der Waals surface area (Å²) in [4.78, 5) is 87.4. The number of Topliss-reactive ketones (excluding diaryl/α,β-unsaturated/α-hetero) is 1. The molecule has 4 atom stereocenters. The summed E-state index contributed by atoms with van der Waals surface area (Å²) < 4.78 is 11.1. The fourth-order valence-corrected chi connectivity index (χ4v) is 9.00. The molecule has 0 bridgehead atoms. The fourth-order valence-electron chi connectivity index (χ4n) is 8.62. The highest BCUT2D eigenvalue weighted by atomic mass is 35.5. The monoisotopic (exact) mass is 933 g/mol. The van der Waals surface area contributed by atoms with Gasteiger partial charge in [-0.25, -0.2) is 9.59 Å². The van der Waals surface area contributed by atoms with E-state index in [1.54, 1.807) is 85.4 Å². The van der Waals surface area contributed by atoms with Gasteiger partial charge in [-0.1, -0.05) is 61.3 Å². The molecule has 3 aliphatic heterocycles. The van der Waals surface area contributed by atoms with Crippen LogP contribution in [0.4, 0.5) is 9.59 Å². The van der Waals surface area contributed by atoms with E-state index >= 15 is 0 Å². The third-order valence-electron chi connectivity index (χ3n) is 11.6. The Balaban J connectivity index is 0.000000277. The van der Waals surface area contributed by atoms with E-state index < -0.39 is 40.5 Å². The van der Waals surface area contributed by atoms with Gasteiger partial charge in [0.15, 0.2) is 5.78 Å². The number of likely N-dealkylation sites (tertiary alicyclic amines) is 2. The van der Waals surface area contributed by atoms with Gasteiger partial charge in [-0.15, -0.1) is 11.6 Å². The Morgan fingerprint density at radius 3 is 1.67 bits per heavy atom. The number of hydrogen-bond donors (Lipinski definition) is 0. The van der Waals surface area contributed by atoms with Crippen LogP contribution in [0.5, 0.6) is 0 Å². The molecule has 63 heavy (non-hydrogen) atoms. The molecule has 3 aliphatic rings. The molecule has 5 rings (SSSR count). The molecule has 0 N–H and O–H groups in total. The van der Waals surface area contributed by atoms with Crippen LogP contribution in [0.2, 0.25) is 10.0 Å². The number of carbonyl (C=O) groups is 6. The first-order valence-electron chi connectivity index (χ1n) is 21.7. The van der Waals surface area contributed by atoms with Crippen molar-refractivity contribution in [2.24, 2.45) is 5.92 Å².